The number of hydrogen-bond acceptors (Lipinski definition) is 2. The second-order valence-electron chi connectivity index (χ2n) is 7.06. The summed E-state index contributed by atoms with van der Waals surface area (Å²) in [5, 5.41) is 0. The van der Waals surface area contributed by atoms with Crippen LogP contribution < -0.4 is 0 Å². The molecule has 19 heavy (non-hydrogen) atoms. The van der Waals surface area contributed by atoms with Crippen molar-refractivity contribution in [3.8, 4) is 0 Å². The third-order valence-electron chi connectivity index (χ3n) is 6.07. The molecule has 0 bridgehead atoms. The lowest BCUT2D eigenvalue weighted by molar-refractivity contribution is -0.119. The Bertz CT molecular complexity index is 425. The summed E-state index contributed by atoms with van der Waals surface area (Å²) in [6.07, 6.45) is 6.21. The molecule has 1 aliphatic carbocycles. The highest BCUT2D eigenvalue weighted by Gasteiger charge is 2.47. The lowest BCUT2D eigenvalue weighted by Crippen LogP contribution is -2.57. The predicted octanol–water partition coefficient (Wildman–Crippen LogP) is 3.77. The number of carbonyl (C=O) groups excluding carboxylic acids is 1. The van der Waals surface area contributed by atoms with E-state index in [0.29, 0.717) is 23.8 Å². The maximum atomic E-state index is 12.2. The number of ketones is 1. The van der Waals surface area contributed by atoms with Crippen LogP contribution in [-0.4, -0.2) is 22.8 Å². The van der Waals surface area contributed by atoms with Gasteiger partial charge in [-0.15, -0.1) is 0 Å². The quantitative estimate of drug-likeness (QED) is 0.661. The van der Waals surface area contributed by atoms with Crippen molar-refractivity contribution in [2.45, 2.75) is 71.9 Å². The number of hydrogen-bond donors (Lipinski definition) is 0. The zero-order valence-electron chi connectivity index (χ0n) is 12.8. The van der Waals surface area contributed by atoms with Gasteiger partial charge < -0.3 is 4.90 Å². The van der Waals surface area contributed by atoms with E-state index in [9.17, 15) is 4.79 Å². The lowest BCUT2D eigenvalue weighted by atomic mass is 9.65. The van der Waals surface area contributed by atoms with Crippen LogP contribution in [0.3, 0.4) is 0 Å². The monoisotopic (exact) mass is 261 g/mol. The van der Waals surface area contributed by atoms with Crippen LogP contribution in [0.5, 0.6) is 0 Å². The first-order chi connectivity index (χ1) is 9.02. The standard InChI is InChI=1S/C17H27NO/c1-10-9-16(19)13(4)17-12(3)11(2)14-7-5-6-8-15(14)18(10)17/h10-12,14-15H,5-9H2,1-4H3. The van der Waals surface area contributed by atoms with Gasteiger partial charge in [-0.05, 0) is 44.4 Å². The van der Waals surface area contributed by atoms with E-state index in [-0.39, 0.29) is 0 Å². The third kappa shape index (κ3) is 1.86. The van der Waals surface area contributed by atoms with E-state index < -0.39 is 0 Å². The fraction of sp³-hybridized carbons (Fsp3) is 0.824. The van der Waals surface area contributed by atoms with Crippen LogP contribution in [0, 0.1) is 17.8 Å². The molecular weight excluding hydrogens is 234 g/mol. The number of fused-ring (bicyclic) bond motifs is 3. The predicted molar refractivity (Wildman–Crippen MR) is 77.7 cm³/mol. The van der Waals surface area contributed by atoms with Gasteiger partial charge in [0.2, 0.25) is 0 Å². The van der Waals surface area contributed by atoms with Gasteiger partial charge >= 0.3 is 0 Å². The second-order valence-corrected chi connectivity index (χ2v) is 7.06. The van der Waals surface area contributed by atoms with Crippen molar-refractivity contribution in [3.63, 3.8) is 0 Å². The van der Waals surface area contributed by atoms with E-state index >= 15 is 0 Å². The Morgan fingerprint density at radius 1 is 1.11 bits per heavy atom. The summed E-state index contributed by atoms with van der Waals surface area (Å²) in [4.78, 5) is 14.8. The second kappa shape index (κ2) is 4.64. The molecule has 0 N–H and O–H groups in total. The molecule has 2 heterocycles. The molecule has 2 heteroatoms. The fourth-order valence-corrected chi connectivity index (χ4v) is 4.89. The first-order valence-electron chi connectivity index (χ1n) is 8.04. The maximum Gasteiger partial charge on any atom is 0.162 e. The summed E-state index contributed by atoms with van der Waals surface area (Å²) in [6.45, 7) is 9.06. The molecule has 3 aliphatic rings. The van der Waals surface area contributed by atoms with Crippen LogP contribution in [0.2, 0.25) is 0 Å². The van der Waals surface area contributed by atoms with Gasteiger partial charge in [0.1, 0.15) is 0 Å². The van der Waals surface area contributed by atoms with Crippen molar-refractivity contribution in [1.82, 2.24) is 4.90 Å². The minimum Gasteiger partial charge on any atom is -0.368 e. The molecule has 2 fully saturated rings. The summed E-state index contributed by atoms with van der Waals surface area (Å²) in [5.74, 6) is 2.50. The molecule has 0 aromatic carbocycles. The minimum absolute atomic E-state index is 0.382. The Kier molecular flexibility index (Phi) is 3.23. The topological polar surface area (TPSA) is 20.3 Å². The molecule has 0 amide bonds. The van der Waals surface area contributed by atoms with Gasteiger partial charge in [-0.25, -0.2) is 0 Å². The first-order valence-corrected chi connectivity index (χ1v) is 8.04. The average Bonchev–Trinajstić information content (AvgIpc) is 2.40. The molecule has 2 aliphatic heterocycles. The maximum absolute atomic E-state index is 12.2. The molecule has 5 atom stereocenters. The van der Waals surface area contributed by atoms with Gasteiger partial charge in [-0.2, -0.15) is 0 Å². The molecule has 3 rings (SSSR count). The summed E-state index contributed by atoms with van der Waals surface area (Å²) >= 11 is 0. The largest absolute Gasteiger partial charge is 0.368 e. The minimum atomic E-state index is 0.382. The number of rotatable bonds is 0. The smallest absolute Gasteiger partial charge is 0.162 e. The average molecular weight is 261 g/mol. The summed E-state index contributed by atoms with van der Waals surface area (Å²) in [6, 6.07) is 1.11. The summed E-state index contributed by atoms with van der Waals surface area (Å²) < 4.78 is 0. The van der Waals surface area contributed by atoms with E-state index in [1.165, 1.54) is 31.4 Å². The number of nitrogens with zero attached hydrogens (tertiary/aromatic N) is 1. The number of piperidine rings is 1. The lowest BCUT2D eigenvalue weighted by Gasteiger charge is -2.56. The highest BCUT2D eigenvalue weighted by molar-refractivity contribution is 5.96. The summed E-state index contributed by atoms with van der Waals surface area (Å²) in [5.41, 5.74) is 2.45. The van der Waals surface area contributed by atoms with E-state index in [4.69, 9.17) is 0 Å². The van der Waals surface area contributed by atoms with Gasteiger partial charge in [0, 0.05) is 29.8 Å². The van der Waals surface area contributed by atoms with E-state index in [2.05, 4.69) is 32.6 Å². The van der Waals surface area contributed by atoms with Crippen molar-refractivity contribution in [2.24, 2.45) is 17.8 Å². The number of Topliss-reactive ketones (excluding diaryl/α,β-unsaturated/α-hetero) is 1. The van der Waals surface area contributed by atoms with E-state index in [1.54, 1.807) is 0 Å². The SMILES string of the molecule is CC1=C2C(C)C(C)C3CCCCC3N2C(C)CC1=O. The molecule has 1 saturated heterocycles. The number of carbonyl (C=O) groups is 1. The summed E-state index contributed by atoms with van der Waals surface area (Å²) in [7, 11) is 0. The molecule has 106 valence electrons. The zero-order valence-corrected chi connectivity index (χ0v) is 12.8. The number of allylic oxidation sites excluding steroid dienone is 2. The molecule has 2 nitrogen and oxygen atoms in total. The van der Waals surface area contributed by atoms with Crippen LogP contribution in [0.1, 0.15) is 59.8 Å². The fourth-order valence-electron chi connectivity index (χ4n) is 4.89. The molecular formula is C17H27NO. The van der Waals surface area contributed by atoms with Crippen molar-refractivity contribution in [2.75, 3.05) is 0 Å². The van der Waals surface area contributed by atoms with Crippen molar-refractivity contribution >= 4 is 5.78 Å². The van der Waals surface area contributed by atoms with Crippen molar-refractivity contribution < 1.29 is 4.79 Å². The Hall–Kier alpha value is -0.790. The molecule has 5 unspecified atom stereocenters. The van der Waals surface area contributed by atoms with Crippen LogP contribution in [0.25, 0.3) is 0 Å². The Labute approximate surface area is 117 Å². The van der Waals surface area contributed by atoms with Crippen molar-refractivity contribution in [1.29, 1.82) is 0 Å². The van der Waals surface area contributed by atoms with Gasteiger partial charge in [0.05, 0.1) is 0 Å². The Balaban J connectivity index is 2.06. The zero-order chi connectivity index (χ0) is 13.7. The Morgan fingerprint density at radius 2 is 1.79 bits per heavy atom. The van der Waals surface area contributed by atoms with E-state index in [1.807, 2.05) is 0 Å². The third-order valence-corrected chi connectivity index (χ3v) is 6.07. The van der Waals surface area contributed by atoms with Gasteiger partial charge in [0.25, 0.3) is 0 Å². The molecule has 0 aromatic rings. The Morgan fingerprint density at radius 3 is 2.53 bits per heavy atom. The highest BCUT2D eigenvalue weighted by atomic mass is 16.1. The molecule has 0 aromatic heterocycles. The van der Waals surface area contributed by atoms with Crippen molar-refractivity contribution in [3.05, 3.63) is 11.3 Å². The van der Waals surface area contributed by atoms with E-state index in [0.717, 1.165) is 23.8 Å². The molecule has 1 saturated carbocycles. The first kappa shape index (κ1) is 13.2. The van der Waals surface area contributed by atoms with Gasteiger partial charge in [0.15, 0.2) is 5.78 Å². The highest BCUT2D eigenvalue weighted by Crippen LogP contribution is 2.49. The molecule has 0 radical (unpaired) electrons. The van der Waals surface area contributed by atoms with Crippen LogP contribution >= 0.6 is 0 Å². The van der Waals surface area contributed by atoms with Crippen LogP contribution in [0.15, 0.2) is 11.3 Å². The van der Waals surface area contributed by atoms with Crippen LogP contribution in [-0.2, 0) is 4.79 Å². The molecule has 0 spiro atoms. The normalized spacial score (nSPS) is 43.1. The van der Waals surface area contributed by atoms with Gasteiger partial charge in [-0.3, -0.25) is 4.79 Å². The van der Waals surface area contributed by atoms with Gasteiger partial charge in [-0.1, -0.05) is 26.7 Å². The van der Waals surface area contributed by atoms with Crippen LogP contribution in [0.4, 0.5) is 0 Å².